The zero-order chi connectivity index (χ0) is 16.3. The van der Waals surface area contributed by atoms with Gasteiger partial charge in [-0.25, -0.2) is 0 Å². The summed E-state index contributed by atoms with van der Waals surface area (Å²) in [7, 11) is 0. The zero-order valence-corrected chi connectivity index (χ0v) is 14.5. The molecule has 6 heteroatoms. The van der Waals surface area contributed by atoms with Crippen LogP contribution in [-0.2, 0) is 28.4 Å². The van der Waals surface area contributed by atoms with Crippen LogP contribution in [0.25, 0.3) is 0 Å². The number of hydrogen-bond acceptors (Lipinski definition) is 6. The molecule has 3 heterocycles. The Hall–Kier alpha value is -0.240. The fraction of sp³-hybridized carbons (Fsp3) is 1.00. The number of rotatable bonds is 2. The Morgan fingerprint density at radius 2 is 1.50 bits per heavy atom. The average molecular weight is 316 g/mol. The lowest BCUT2D eigenvalue weighted by atomic mass is 10.1. The summed E-state index contributed by atoms with van der Waals surface area (Å²) in [6, 6.07) is 0. The lowest BCUT2D eigenvalue weighted by molar-refractivity contribution is -0.267. The lowest BCUT2D eigenvalue weighted by Gasteiger charge is -2.30. The minimum atomic E-state index is -0.647. The van der Waals surface area contributed by atoms with E-state index >= 15 is 0 Å². The van der Waals surface area contributed by atoms with Crippen LogP contribution in [0.4, 0.5) is 0 Å². The van der Waals surface area contributed by atoms with E-state index in [0.717, 1.165) is 0 Å². The van der Waals surface area contributed by atoms with Gasteiger partial charge in [0.05, 0.1) is 12.2 Å². The van der Waals surface area contributed by atoms with Gasteiger partial charge in [-0.15, -0.1) is 0 Å². The minimum Gasteiger partial charge on any atom is -0.348 e. The van der Waals surface area contributed by atoms with Crippen LogP contribution in [0.5, 0.6) is 0 Å². The first-order valence-electron chi connectivity index (χ1n) is 7.97. The highest BCUT2D eigenvalue weighted by molar-refractivity contribution is 5.00. The molecule has 0 unspecified atom stereocenters. The fourth-order valence-corrected chi connectivity index (χ4v) is 3.21. The highest BCUT2D eigenvalue weighted by Crippen LogP contribution is 2.43. The van der Waals surface area contributed by atoms with Crippen molar-refractivity contribution in [1.82, 2.24) is 0 Å². The highest BCUT2D eigenvalue weighted by Gasteiger charge is 2.59. The molecule has 0 spiro atoms. The molecule has 5 atom stereocenters. The molecule has 0 radical (unpaired) electrons. The van der Waals surface area contributed by atoms with E-state index in [4.69, 9.17) is 28.4 Å². The van der Waals surface area contributed by atoms with E-state index in [-0.39, 0.29) is 30.0 Å². The van der Waals surface area contributed by atoms with Gasteiger partial charge in [-0.1, -0.05) is 0 Å². The van der Waals surface area contributed by atoms with E-state index in [1.165, 1.54) is 0 Å². The molecule has 0 N–H and O–H groups in total. The molecule has 3 aliphatic rings. The first kappa shape index (κ1) is 16.6. The van der Waals surface area contributed by atoms with Crippen molar-refractivity contribution in [3.8, 4) is 0 Å². The van der Waals surface area contributed by atoms with Crippen molar-refractivity contribution < 1.29 is 28.4 Å². The van der Waals surface area contributed by atoms with Crippen LogP contribution >= 0.6 is 0 Å². The summed E-state index contributed by atoms with van der Waals surface area (Å²) in [5, 5.41) is 0. The Morgan fingerprint density at radius 1 is 0.864 bits per heavy atom. The van der Waals surface area contributed by atoms with Crippen LogP contribution in [0, 0.1) is 0 Å². The SMILES string of the molecule is CC(C)(C)O[C@H]1O[C@H]([C@@H]2COC(C)(C)O2)[C@@H]2OC(C)(C)O[C@H]12. The van der Waals surface area contributed by atoms with Gasteiger partial charge in [-0.2, -0.15) is 0 Å². The van der Waals surface area contributed by atoms with Gasteiger partial charge in [0, 0.05) is 0 Å². The summed E-state index contributed by atoms with van der Waals surface area (Å²) in [5.41, 5.74) is -0.327. The highest BCUT2D eigenvalue weighted by atomic mass is 16.8. The van der Waals surface area contributed by atoms with Gasteiger partial charge in [0.1, 0.15) is 24.4 Å². The van der Waals surface area contributed by atoms with Crippen LogP contribution in [0.3, 0.4) is 0 Å². The van der Waals surface area contributed by atoms with Gasteiger partial charge in [-0.05, 0) is 48.5 Å². The van der Waals surface area contributed by atoms with Crippen molar-refractivity contribution in [3.63, 3.8) is 0 Å². The van der Waals surface area contributed by atoms with Gasteiger partial charge in [0.2, 0.25) is 0 Å². The van der Waals surface area contributed by atoms with Crippen LogP contribution in [-0.4, -0.2) is 54.5 Å². The first-order valence-corrected chi connectivity index (χ1v) is 7.97. The molecule has 0 bridgehead atoms. The molecule has 0 aromatic rings. The maximum Gasteiger partial charge on any atom is 0.187 e. The second-order valence-electron chi connectivity index (χ2n) is 8.13. The van der Waals surface area contributed by atoms with Crippen LogP contribution in [0.2, 0.25) is 0 Å². The Labute approximate surface area is 132 Å². The zero-order valence-electron chi connectivity index (χ0n) is 14.5. The van der Waals surface area contributed by atoms with E-state index in [0.29, 0.717) is 6.61 Å². The van der Waals surface area contributed by atoms with Crippen LogP contribution < -0.4 is 0 Å². The van der Waals surface area contributed by atoms with Crippen LogP contribution in [0.15, 0.2) is 0 Å². The van der Waals surface area contributed by atoms with Crippen molar-refractivity contribution in [3.05, 3.63) is 0 Å². The third kappa shape index (κ3) is 3.32. The van der Waals surface area contributed by atoms with Crippen molar-refractivity contribution in [1.29, 1.82) is 0 Å². The molecular weight excluding hydrogens is 288 g/mol. The predicted octanol–water partition coefficient (Wildman–Crippen LogP) is 2.20. The molecule has 3 saturated heterocycles. The largest absolute Gasteiger partial charge is 0.348 e. The van der Waals surface area contributed by atoms with E-state index in [2.05, 4.69) is 0 Å². The lowest BCUT2D eigenvalue weighted by Crippen LogP contribution is -2.40. The summed E-state index contributed by atoms with van der Waals surface area (Å²) in [5.74, 6) is -1.24. The molecule has 22 heavy (non-hydrogen) atoms. The molecule has 0 saturated carbocycles. The normalized spacial score (nSPS) is 43.5. The number of ether oxygens (including phenoxy) is 6. The Morgan fingerprint density at radius 3 is 2.05 bits per heavy atom. The summed E-state index contributed by atoms with van der Waals surface area (Å²) >= 11 is 0. The minimum absolute atomic E-state index is 0.187. The average Bonchev–Trinajstić information content (AvgIpc) is 2.90. The van der Waals surface area contributed by atoms with Crippen molar-refractivity contribution in [2.75, 3.05) is 6.61 Å². The van der Waals surface area contributed by atoms with Crippen molar-refractivity contribution in [2.24, 2.45) is 0 Å². The van der Waals surface area contributed by atoms with Gasteiger partial charge in [0.15, 0.2) is 17.9 Å². The third-order valence-corrected chi connectivity index (χ3v) is 3.91. The fourth-order valence-electron chi connectivity index (χ4n) is 3.21. The van der Waals surface area contributed by atoms with E-state index in [9.17, 15) is 0 Å². The standard InChI is InChI=1S/C16H28O6/c1-14(2,3)22-13-12-11(20-16(6,7)21-12)10(18-13)9-8-17-15(4,5)19-9/h9-13H,8H2,1-7H3/t9-,10+,11-,12-,13+/m0/s1. The quantitative estimate of drug-likeness (QED) is 0.778. The van der Waals surface area contributed by atoms with Crippen molar-refractivity contribution >= 4 is 0 Å². The monoisotopic (exact) mass is 316 g/mol. The molecule has 6 nitrogen and oxygen atoms in total. The summed E-state index contributed by atoms with van der Waals surface area (Å²) in [6.07, 6.45) is -1.39. The van der Waals surface area contributed by atoms with Gasteiger partial charge < -0.3 is 28.4 Å². The summed E-state index contributed by atoms with van der Waals surface area (Å²) in [6.45, 7) is 14.1. The molecule has 3 rings (SSSR count). The topological polar surface area (TPSA) is 55.4 Å². The maximum absolute atomic E-state index is 6.10. The summed E-state index contributed by atoms with van der Waals surface area (Å²) in [4.78, 5) is 0. The second-order valence-corrected chi connectivity index (χ2v) is 8.13. The Bertz CT molecular complexity index is 427. The molecule has 3 fully saturated rings. The van der Waals surface area contributed by atoms with E-state index < -0.39 is 17.9 Å². The van der Waals surface area contributed by atoms with Gasteiger partial charge in [0.25, 0.3) is 0 Å². The molecule has 128 valence electrons. The second kappa shape index (κ2) is 5.13. The van der Waals surface area contributed by atoms with E-state index in [1.54, 1.807) is 0 Å². The molecule has 0 aromatic heterocycles. The summed E-state index contributed by atoms with van der Waals surface area (Å²) < 4.78 is 35.8. The van der Waals surface area contributed by atoms with Crippen LogP contribution in [0.1, 0.15) is 48.5 Å². The number of fused-ring (bicyclic) bond motifs is 1. The van der Waals surface area contributed by atoms with E-state index in [1.807, 2.05) is 48.5 Å². The van der Waals surface area contributed by atoms with Gasteiger partial charge >= 0.3 is 0 Å². The predicted molar refractivity (Wildman–Crippen MR) is 78.2 cm³/mol. The molecule has 3 aliphatic heterocycles. The third-order valence-electron chi connectivity index (χ3n) is 3.91. The Kier molecular flexibility index (Phi) is 3.87. The molecule has 0 amide bonds. The molecule has 0 aliphatic carbocycles. The number of hydrogen-bond donors (Lipinski definition) is 0. The smallest absolute Gasteiger partial charge is 0.187 e. The Balaban J connectivity index is 1.77. The van der Waals surface area contributed by atoms with Gasteiger partial charge in [-0.3, -0.25) is 0 Å². The molecular formula is C16H28O6. The molecule has 0 aromatic carbocycles. The van der Waals surface area contributed by atoms with Crippen molar-refractivity contribution in [2.45, 2.75) is 96.3 Å². The first-order chi connectivity index (χ1) is 9.96. The maximum atomic E-state index is 6.10.